The molecular weight excluding hydrogens is 296 g/mol. The van der Waals surface area contributed by atoms with Crippen LogP contribution in [-0.2, 0) is 11.3 Å². The third-order valence-corrected chi connectivity index (χ3v) is 2.74. The van der Waals surface area contributed by atoms with Crippen molar-refractivity contribution in [3.63, 3.8) is 0 Å². The zero-order valence-corrected chi connectivity index (χ0v) is 12.3. The minimum Gasteiger partial charge on any atom is -0.443 e. The zero-order valence-electron chi connectivity index (χ0n) is 11.4. The first-order valence-electron chi connectivity index (χ1n) is 6.00. The summed E-state index contributed by atoms with van der Waals surface area (Å²) in [6, 6.07) is 5.68. The van der Waals surface area contributed by atoms with Gasteiger partial charge in [0.05, 0.1) is 4.92 Å². The Morgan fingerprint density at radius 1 is 1.48 bits per heavy atom. The molecule has 1 aromatic carbocycles. The van der Waals surface area contributed by atoms with Gasteiger partial charge in [0, 0.05) is 31.5 Å². The van der Waals surface area contributed by atoms with Crippen molar-refractivity contribution in [1.82, 2.24) is 4.90 Å². The summed E-state index contributed by atoms with van der Waals surface area (Å²) in [6.45, 7) is 0.512. The Balaban J connectivity index is 2.52. The molecule has 0 aromatic heterocycles. The van der Waals surface area contributed by atoms with Crippen molar-refractivity contribution in [3.05, 3.63) is 39.9 Å². The van der Waals surface area contributed by atoms with Crippen molar-refractivity contribution in [2.45, 2.75) is 6.61 Å². The molecule has 0 saturated heterocycles. The number of carbonyl (C=O) groups excluding carboxylic acids is 1. The van der Waals surface area contributed by atoms with Gasteiger partial charge in [-0.15, -0.1) is 4.99 Å². The lowest BCUT2D eigenvalue weighted by molar-refractivity contribution is -0.384. The molecule has 114 valence electrons. The molecule has 0 radical (unpaired) electrons. The molecule has 0 aliphatic rings. The number of non-ortho nitro benzene ring substituents is 1. The monoisotopic (exact) mass is 312 g/mol. The molecule has 0 atom stereocenters. The summed E-state index contributed by atoms with van der Waals surface area (Å²) in [7, 11) is 1.68. The number of nitrogens with two attached hydrogens (primary N) is 1. The Morgan fingerprint density at radius 2 is 2.10 bits per heavy atom. The molecule has 0 heterocycles. The molecule has 0 aliphatic heterocycles. The van der Waals surface area contributed by atoms with Crippen LogP contribution in [0.2, 0.25) is 0 Å². The van der Waals surface area contributed by atoms with Crippen LogP contribution in [0, 0.1) is 10.1 Å². The third-order valence-electron chi connectivity index (χ3n) is 2.54. The molecule has 0 unspecified atom stereocenters. The molecule has 0 bridgehead atoms. The van der Waals surface area contributed by atoms with Gasteiger partial charge in [-0.1, -0.05) is 0 Å². The van der Waals surface area contributed by atoms with E-state index in [1.54, 1.807) is 11.9 Å². The maximum absolute atomic E-state index is 11.5. The van der Waals surface area contributed by atoms with Gasteiger partial charge in [-0.2, -0.15) is 12.6 Å². The highest BCUT2D eigenvalue weighted by Crippen LogP contribution is 2.12. The highest BCUT2D eigenvalue weighted by molar-refractivity contribution is 7.80. The van der Waals surface area contributed by atoms with Crippen LogP contribution in [0.3, 0.4) is 0 Å². The predicted molar refractivity (Wildman–Crippen MR) is 81.4 cm³/mol. The first kappa shape index (κ1) is 16.8. The number of nitrogens with zero attached hydrogens (tertiary/aromatic N) is 3. The van der Waals surface area contributed by atoms with Crippen LogP contribution in [0.1, 0.15) is 5.56 Å². The summed E-state index contributed by atoms with van der Waals surface area (Å²) in [5.41, 5.74) is 6.18. The van der Waals surface area contributed by atoms with Gasteiger partial charge in [0.15, 0.2) is 0 Å². The summed E-state index contributed by atoms with van der Waals surface area (Å²) in [5, 5.41) is 10.5. The van der Waals surface area contributed by atoms with E-state index in [1.807, 2.05) is 0 Å². The van der Waals surface area contributed by atoms with Crippen LogP contribution in [0.15, 0.2) is 29.3 Å². The van der Waals surface area contributed by atoms with E-state index >= 15 is 0 Å². The van der Waals surface area contributed by atoms with Gasteiger partial charge in [0.25, 0.3) is 5.69 Å². The second kappa shape index (κ2) is 8.10. The lowest BCUT2D eigenvalue weighted by Gasteiger charge is -2.15. The van der Waals surface area contributed by atoms with Crippen molar-refractivity contribution in [2.24, 2.45) is 10.7 Å². The number of aliphatic imine (C=N–C) groups is 1. The lowest BCUT2D eigenvalue weighted by Crippen LogP contribution is -2.36. The number of rotatable bonds is 5. The van der Waals surface area contributed by atoms with E-state index in [4.69, 9.17) is 10.5 Å². The Kier molecular flexibility index (Phi) is 6.47. The van der Waals surface area contributed by atoms with Gasteiger partial charge in [0.1, 0.15) is 6.61 Å². The number of guanidine groups is 1. The minimum absolute atomic E-state index is 0.0271. The SMILES string of the molecule is CN(CCS)C(N)=NC(=O)OCc1ccc([N+](=O)[O-])cc1. The van der Waals surface area contributed by atoms with E-state index in [9.17, 15) is 14.9 Å². The maximum atomic E-state index is 11.5. The van der Waals surface area contributed by atoms with Crippen molar-refractivity contribution in [2.75, 3.05) is 19.3 Å². The highest BCUT2D eigenvalue weighted by Gasteiger charge is 2.08. The number of nitro benzene ring substituents is 1. The molecule has 8 nitrogen and oxygen atoms in total. The van der Waals surface area contributed by atoms with Crippen LogP contribution in [0.5, 0.6) is 0 Å². The average molecular weight is 312 g/mol. The first-order chi connectivity index (χ1) is 9.93. The number of hydrogen-bond donors (Lipinski definition) is 2. The number of amides is 1. The normalized spacial score (nSPS) is 11.0. The summed E-state index contributed by atoms with van der Waals surface area (Å²) < 4.78 is 4.91. The largest absolute Gasteiger partial charge is 0.443 e. The zero-order chi connectivity index (χ0) is 15.8. The number of ether oxygens (including phenoxy) is 1. The molecule has 0 aliphatic carbocycles. The molecule has 1 rings (SSSR count). The Hall–Kier alpha value is -2.29. The van der Waals surface area contributed by atoms with Crippen molar-refractivity contribution < 1.29 is 14.5 Å². The number of carbonyl (C=O) groups is 1. The van der Waals surface area contributed by atoms with Crippen LogP contribution in [-0.4, -0.2) is 41.2 Å². The predicted octanol–water partition coefficient (Wildman–Crippen LogP) is 1.41. The van der Waals surface area contributed by atoms with Crippen LogP contribution in [0.4, 0.5) is 10.5 Å². The lowest BCUT2D eigenvalue weighted by atomic mass is 10.2. The molecule has 0 spiro atoms. The fourth-order valence-corrected chi connectivity index (χ4v) is 1.63. The number of thiol groups is 1. The minimum atomic E-state index is -0.822. The molecule has 0 fully saturated rings. The van der Waals surface area contributed by atoms with Crippen LogP contribution >= 0.6 is 12.6 Å². The highest BCUT2D eigenvalue weighted by atomic mass is 32.1. The molecule has 0 saturated carbocycles. The average Bonchev–Trinajstić information content (AvgIpc) is 2.45. The van der Waals surface area contributed by atoms with E-state index in [0.717, 1.165) is 0 Å². The smallest absolute Gasteiger partial charge is 0.437 e. The van der Waals surface area contributed by atoms with Crippen LogP contribution in [0.25, 0.3) is 0 Å². The standard InChI is InChI=1S/C12H16N4O4S/c1-15(6-7-21)11(13)14-12(17)20-8-9-2-4-10(5-3-9)16(18)19/h2-5,21H,6-8H2,1H3,(H2,13,14,17). The number of benzene rings is 1. The number of nitro groups is 1. The molecule has 1 amide bonds. The van der Waals surface area contributed by atoms with E-state index < -0.39 is 11.0 Å². The summed E-state index contributed by atoms with van der Waals surface area (Å²) >= 11 is 4.04. The molecule has 2 N–H and O–H groups in total. The molecule has 21 heavy (non-hydrogen) atoms. The van der Waals surface area contributed by atoms with Gasteiger partial charge in [0.2, 0.25) is 5.96 Å². The van der Waals surface area contributed by atoms with Crippen molar-refractivity contribution >= 4 is 30.4 Å². The number of hydrogen-bond acceptors (Lipinski definition) is 5. The second-order valence-electron chi connectivity index (χ2n) is 4.09. The van der Waals surface area contributed by atoms with E-state index in [0.29, 0.717) is 17.9 Å². The van der Waals surface area contributed by atoms with Gasteiger partial charge in [-0.3, -0.25) is 10.1 Å². The van der Waals surface area contributed by atoms with E-state index in [2.05, 4.69) is 17.6 Å². The maximum Gasteiger partial charge on any atom is 0.437 e. The van der Waals surface area contributed by atoms with Gasteiger partial charge >= 0.3 is 6.09 Å². The fraction of sp³-hybridized carbons (Fsp3) is 0.333. The topological polar surface area (TPSA) is 111 Å². The van der Waals surface area contributed by atoms with Crippen molar-refractivity contribution in [3.8, 4) is 0 Å². The molecule has 9 heteroatoms. The Labute approximate surface area is 127 Å². The Morgan fingerprint density at radius 3 is 2.62 bits per heavy atom. The Bertz CT molecular complexity index is 533. The van der Waals surface area contributed by atoms with Crippen LogP contribution < -0.4 is 5.73 Å². The van der Waals surface area contributed by atoms with Gasteiger partial charge in [-0.25, -0.2) is 4.79 Å². The fourth-order valence-electron chi connectivity index (χ4n) is 1.33. The first-order valence-corrected chi connectivity index (χ1v) is 6.63. The van der Waals surface area contributed by atoms with E-state index in [-0.39, 0.29) is 18.3 Å². The summed E-state index contributed by atoms with van der Waals surface area (Å²) in [5.74, 6) is 0.614. The molecular formula is C12H16N4O4S. The summed E-state index contributed by atoms with van der Waals surface area (Å²) in [4.78, 5) is 26.6. The molecule has 1 aromatic rings. The summed E-state index contributed by atoms with van der Waals surface area (Å²) in [6.07, 6.45) is -0.822. The third kappa shape index (κ3) is 5.69. The quantitative estimate of drug-likeness (QED) is 0.279. The van der Waals surface area contributed by atoms with E-state index in [1.165, 1.54) is 24.3 Å². The van der Waals surface area contributed by atoms with Gasteiger partial charge in [-0.05, 0) is 17.7 Å². The second-order valence-corrected chi connectivity index (χ2v) is 4.54. The van der Waals surface area contributed by atoms with Crippen molar-refractivity contribution in [1.29, 1.82) is 0 Å². The van der Waals surface area contributed by atoms with Gasteiger partial charge < -0.3 is 15.4 Å².